The smallest absolute Gasteiger partial charge is 0.462 e. The number of aliphatic hydroxyl groups is 2. The first kappa shape index (κ1) is 55.9. The molecule has 11 heteroatoms. The second-order valence-electron chi connectivity index (χ2n) is 15.5. The summed E-state index contributed by atoms with van der Waals surface area (Å²) in [5.41, 5.74) is 0. The molecule has 0 aliphatic carbocycles. The van der Waals surface area contributed by atoms with E-state index in [4.69, 9.17) is 19.1 Å². The zero-order chi connectivity index (χ0) is 42.6. The number of ether oxygens (including phenoxy) is 2. The molecule has 0 amide bonds. The molecule has 0 aromatic heterocycles. The van der Waals surface area contributed by atoms with Crippen molar-refractivity contribution in [3.8, 4) is 0 Å². The van der Waals surface area contributed by atoms with Gasteiger partial charge in [-0.1, -0.05) is 178 Å². The van der Waals surface area contributed by atoms with Crippen LogP contribution in [0.25, 0.3) is 0 Å². The van der Waals surface area contributed by atoms with E-state index < -0.39 is 51.8 Å². The molecule has 58 heavy (non-hydrogen) atoms. The van der Waals surface area contributed by atoms with Gasteiger partial charge in [-0.3, -0.25) is 18.6 Å². The van der Waals surface area contributed by atoms with E-state index in [0.717, 1.165) is 64.2 Å². The molecule has 0 fully saturated rings. The Hall–Kier alpha value is -2.07. The normalized spacial score (nSPS) is 14.2. The zero-order valence-electron chi connectivity index (χ0n) is 36.8. The van der Waals surface area contributed by atoms with Crippen LogP contribution in [0.4, 0.5) is 0 Å². The van der Waals surface area contributed by atoms with Gasteiger partial charge in [0.25, 0.3) is 0 Å². The van der Waals surface area contributed by atoms with Gasteiger partial charge >= 0.3 is 19.8 Å². The van der Waals surface area contributed by atoms with Crippen molar-refractivity contribution in [2.75, 3.05) is 26.4 Å². The number of carbonyl (C=O) groups is 2. The van der Waals surface area contributed by atoms with Crippen molar-refractivity contribution < 1.29 is 47.8 Å². The highest BCUT2D eigenvalue weighted by molar-refractivity contribution is 7.47. The number of hydrogen-bond acceptors (Lipinski definition) is 9. The van der Waals surface area contributed by atoms with Gasteiger partial charge in [-0.2, -0.15) is 0 Å². The Morgan fingerprint density at radius 2 is 0.966 bits per heavy atom. The molecule has 0 rings (SSSR count). The van der Waals surface area contributed by atoms with Gasteiger partial charge < -0.3 is 24.6 Å². The van der Waals surface area contributed by atoms with E-state index in [1.807, 2.05) is 18.2 Å². The maximum absolute atomic E-state index is 12.6. The van der Waals surface area contributed by atoms with Crippen LogP contribution in [0.1, 0.15) is 200 Å². The van der Waals surface area contributed by atoms with Crippen molar-refractivity contribution >= 4 is 19.8 Å². The fourth-order valence-corrected chi connectivity index (χ4v) is 7.01. The van der Waals surface area contributed by atoms with Crippen LogP contribution in [0.5, 0.6) is 0 Å². The molecule has 0 aromatic carbocycles. The molecule has 0 heterocycles. The minimum atomic E-state index is -4.63. The molecule has 338 valence electrons. The summed E-state index contributed by atoms with van der Waals surface area (Å²) in [5.74, 6) is -0.953. The second kappa shape index (κ2) is 43.0. The fourth-order valence-electron chi connectivity index (χ4n) is 6.22. The molecule has 0 radical (unpaired) electrons. The third-order valence-corrected chi connectivity index (χ3v) is 10.7. The van der Waals surface area contributed by atoms with Gasteiger partial charge in [-0.25, -0.2) is 4.57 Å². The molecule has 0 bridgehead atoms. The summed E-state index contributed by atoms with van der Waals surface area (Å²) in [7, 11) is -4.63. The third kappa shape index (κ3) is 42.1. The highest BCUT2D eigenvalue weighted by Crippen LogP contribution is 2.43. The molecular formula is C47H85O10P. The summed E-state index contributed by atoms with van der Waals surface area (Å²) in [4.78, 5) is 35.0. The summed E-state index contributed by atoms with van der Waals surface area (Å²) >= 11 is 0. The van der Waals surface area contributed by atoms with Gasteiger partial charge in [-0.05, 0) is 57.8 Å². The van der Waals surface area contributed by atoms with Crippen LogP contribution in [0.2, 0.25) is 0 Å². The zero-order valence-corrected chi connectivity index (χ0v) is 37.6. The third-order valence-electron chi connectivity index (χ3n) is 9.78. The van der Waals surface area contributed by atoms with Crippen LogP contribution in [0, 0.1) is 0 Å². The van der Waals surface area contributed by atoms with Crippen LogP contribution in [-0.2, 0) is 32.7 Å². The summed E-state index contributed by atoms with van der Waals surface area (Å²) in [6.07, 6.45) is 46.6. The highest BCUT2D eigenvalue weighted by atomic mass is 31.2. The number of aliphatic hydroxyl groups excluding tert-OH is 2. The Kier molecular flexibility index (Phi) is 41.5. The number of allylic oxidation sites excluding steroid dienone is 8. The second-order valence-corrected chi connectivity index (χ2v) is 16.9. The predicted molar refractivity (Wildman–Crippen MR) is 237 cm³/mol. The van der Waals surface area contributed by atoms with Crippen molar-refractivity contribution in [2.45, 2.75) is 212 Å². The minimum Gasteiger partial charge on any atom is -0.462 e. The molecule has 3 N–H and O–H groups in total. The van der Waals surface area contributed by atoms with Gasteiger partial charge in [0.1, 0.15) is 12.7 Å². The lowest BCUT2D eigenvalue weighted by Gasteiger charge is -2.20. The van der Waals surface area contributed by atoms with Crippen LogP contribution in [0.15, 0.2) is 48.6 Å². The van der Waals surface area contributed by atoms with Crippen molar-refractivity contribution in [1.82, 2.24) is 0 Å². The molecule has 0 aliphatic rings. The topological polar surface area (TPSA) is 149 Å². The molecule has 0 spiro atoms. The minimum absolute atomic E-state index is 0.159. The summed E-state index contributed by atoms with van der Waals surface area (Å²) in [6, 6.07) is 0. The van der Waals surface area contributed by atoms with Gasteiger partial charge in [0.2, 0.25) is 0 Å². The van der Waals surface area contributed by atoms with E-state index in [1.165, 1.54) is 96.3 Å². The molecule has 0 saturated carbocycles. The predicted octanol–water partition coefficient (Wildman–Crippen LogP) is 12.5. The molecule has 2 unspecified atom stereocenters. The number of phosphoric ester groups is 1. The molecule has 0 aromatic rings. The van der Waals surface area contributed by atoms with E-state index in [2.05, 4.69) is 48.8 Å². The lowest BCUT2D eigenvalue weighted by atomic mass is 10.0. The van der Waals surface area contributed by atoms with E-state index in [0.29, 0.717) is 12.8 Å². The number of esters is 2. The summed E-state index contributed by atoms with van der Waals surface area (Å²) in [6.45, 7) is 2.23. The average Bonchev–Trinajstić information content (AvgIpc) is 3.21. The largest absolute Gasteiger partial charge is 0.472 e. The maximum atomic E-state index is 12.6. The van der Waals surface area contributed by atoms with Crippen molar-refractivity contribution in [1.29, 1.82) is 0 Å². The summed E-state index contributed by atoms with van der Waals surface area (Å²) in [5, 5.41) is 18.3. The van der Waals surface area contributed by atoms with Gasteiger partial charge in [0.05, 0.1) is 19.8 Å². The molecule has 0 saturated heterocycles. The van der Waals surface area contributed by atoms with Crippen LogP contribution in [0.3, 0.4) is 0 Å². The Morgan fingerprint density at radius 3 is 1.47 bits per heavy atom. The van der Waals surface area contributed by atoms with Crippen molar-refractivity contribution in [2.24, 2.45) is 0 Å². The first-order chi connectivity index (χ1) is 28.2. The number of phosphoric acid groups is 1. The Balaban J connectivity index is 4.20. The Labute approximate surface area is 353 Å². The molecule has 3 atom stereocenters. The SMILES string of the molecule is CC/C=C/C=C/C=C/CCCCCCCC(=O)OC(COC(=O)CCCCCCCCC/C=C/CCCCCCCCCCCCC)COP(=O)(O)OC[C@H](O)CO. The van der Waals surface area contributed by atoms with Gasteiger partial charge in [0.15, 0.2) is 6.10 Å². The first-order valence-corrected chi connectivity index (χ1v) is 24.6. The maximum Gasteiger partial charge on any atom is 0.472 e. The van der Waals surface area contributed by atoms with Crippen LogP contribution in [-0.4, -0.2) is 65.7 Å². The Morgan fingerprint density at radius 1 is 0.534 bits per heavy atom. The van der Waals surface area contributed by atoms with Crippen molar-refractivity contribution in [3.05, 3.63) is 48.6 Å². The number of unbranched alkanes of at least 4 members (excludes halogenated alkanes) is 23. The number of hydrogen-bond donors (Lipinski definition) is 3. The van der Waals surface area contributed by atoms with Crippen LogP contribution < -0.4 is 0 Å². The number of carbonyl (C=O) groups excluding carboxylic acids is 2. The summed E-state index contributed by atoms with van der Waals surface area (Å²) < 4.78 is 32.7. The molecular weight excluding hydrogens is 755 g/mol. The van der Waals surface area contributed by atoms with Crippen LogP contribution >= 0.6 is 7.82 Å². The lowest BCUT2D eigenvalue weighted by Crippen LogP contribution is -2.29. The van der Waals surface area contributed by atoms with E-state index >= 15 is 0 Å². The molecule has 0 aliphatic heterocycles. The van der Waals surface area contributed by atoms with E-state index in [1.54, 1.807) is 0 Å². The van der Waals surface area contributed by atoms with Gasteiger partial charge in [0, 0.05) is 12.8 Å². The Bertz CT molecular complexity index is 1110. The first-order valence-electron chi connectivity index (χ1n) is 23.1. The molecule has 10 nitrogen and oxygen atoms in total. The lowest BCUT2D eigenvalue weighted by molar-refractivity contribution is -0.161. The highest BCUT2D eigenvalue weighted by Gasteiger charge is 2.27. The fraction of sp³-hybridized carbons (Fsp3) is 0.787. The van der Waals surface area contributed by atoms with Gasteiger partial charge in [-0.15, -0.1) is 0 Å². The van der Waals surface area contributed by atoms with Crippen molar-refractivity contribution in [3.63, 3.8) is 0 Å². The number of rotatable bonds is 43. The van der Waals surface area contributed by atoms with E-state index in [9.17, 15) is 24.2 Å². The average molecular weight is 841 g/mol. The standard InChI is InChI=1S/C47H85O10P/c1-3-5-7-9-11-13-15-17-18-19-20-21-22-23-24-25-27-28-30-32-34-36-38-46(50)54-42-45(43-56-58(52,53)55-41-44(49)40-48)57-47(51)39-37-35-33-31-29-26-16-14-12-10-8-6-4-2/h6,8,10,12,14,16,22-23,44-45,48-49H,3-5,7,9,11,13,15,17-21,24-43H2,1-2H3,(H,52,53)/b8-6+,12-10+,16-14+,23-22+/t44-,45?/m1/s1. The quantitative estimate of drug-likeness (QED) is 0.0178. The monoisotopic (exact) mass is 841 g/mol. The van der Waals surface area contributed by atoms with E-state index in [-0.39, 0.29) is 19.4 Å².